The lowest BCUT2D eigenvalue weighted by Crippen LogP contribution is -2.34. The molecule has 2 rings (SSSR count). The maximum Gasteiger partial charge on any atom is 0.227 e. The standard InChI is InChI=1S/C15H19N3O2/c1-2-17(8-9-19)15(20)10-13-11-16-18(12-13)14-6-4-3-5-7-14/h3-7,11-12,19H,2,8-10H2,1H3. The molecule has 106 valence electrons. The third kappa shape index (κ3) is 3.45. The average Bonchev–Trinajstić information content (AvgIpc) is 2.94. The molecule has 0 unspecified atom stereocenters. The van der Waals surface area contributed by atoms with Gasteiger partial charge in [-0.25, -0.2) is 4.68 Å². The molecule has 5 nitrogen and oxygen atoms in total. The first-order valence-corrected chi connectivity index (χ1v) is 6.72. The zero-order valence-electron chi connectivity index (χ0n) is 11.6. The van der Waals surface area contributed by atoms with Crippen molar-refractivity contribution in [2.75, 3.05) is 19.7 Å². The van der Waals surface area contributed by atoms with Crippen LogP contribution < -0.4 is 0 Å². The number of aromatic nitrogens is 2. The van der Waals surface area contributed by atoms with Crippen LogP contribution in [0, 0.1) is 0 Å². The minimum atomic E-state index is -0.0111. The zero-order chi connectivity index (χ0) is 14.4. The molecule has 1 amide bonds. The Labute approximate surface area is 118 Å². The van der Waals surface area contributed by atoms with Crippen LogP contribution >= 0.6 is 0 Å². The summed E-state index contributed by atoms with van der Waals surface area (Å²) in [6.07, 6.45) is 3.87. The predicted octanol–water partition coefficient (Wildman–Crippen LogP) is 1.26. The van der Waals surface area contributed by atoms with Crippen molar-refractivity contribution in [1.29, 1.82) is 0 Å². The summed E-state index contributed by atoms with van der Waals surface area (Å²) < 4.78 is 1.75. The molecule has 0 saturated heterocycles. The molecule has 0 spiro atoms. The highest BCUT2D eigenvalue weighted by Crippen LogP contribution is 2.09. The minimum absolute atomic E-state index is 0.00848. The van der Waals surface area contributed by atoms with Gasteiger partial charge in [-0.15, -0.1) is 0 Å². The third-order valence-corrected chi connectivity index (χ3v) is 3.12. The molecule has 1 N–H and O–H groups in total. The monoisotopic (exact) mass is 273 g/mol. The number of nitrogens with zero attached hydrogens (tertiary/aromatic N) is 3. The fourth-order valence-corrected chi connectivity index (χ4v) is 2.04. The number of aliphatic hydroxyl groups is 1. The van der Waals surface area contributed by atoms with E-state index in [2.05, 4.69) is 5.10 Å². The Morgan fingerprint density at radius 3 is 2.75 bits per heavy atom. The van der Waals surface area contributed by atoms with Crippen LogP contribution in [0.5, 0.6) is 0 Å². The Morgan fingerprint density at radius 1 is 1.35 bits per heavy atom. The second-order valence-electron chi connectivity index (χ2n) is 4.50. The van der Waals surface area contributed by atoms with Crippen molar-refractivity contribution in [3.8, 4) is 5.69 Å². The maximum absolute atomic E-state index is 12.1. The summed E-state index contributed by atoms with van der Waals surface area (Å²) in [7, 11) is 0. The second kappa shape index (κ2) is 6.86. The SMILES string of the molecule is CCN(CCO)C(=O)Cc1cnn(-c2ccccc2)c1. The minimum Gasteiger partial charge on any atom is -0.395 e. The molecule has 0 aliphatic heterocycles. The van der Waals surface area contributed by atoms with Crippen molar-refractivity contribution < 1.29 is 9.90 Å². The molecule has 5 heteroatoms. The van der Waals surface area contributed by atoms with E-state index in [1.54, 1.807) is 15.8 Å². The molecule has 0 fully saturated rings. The lowest BCUT2D eigenvalue weighted by atomic mass is 10.2. The lowest BCUT2D eigenvalue weighted by Gasteiger charge is -2.19. The second-order valence-corrected chi connectivity index (χ2v) is 4.50. The Morgan fingerprint density at radius 2 is 2.10 bits per heavy atom. The van der Waals surface area contributed by atoms with Gasteiger partial charge >= 0.3 is 0 Å². The molecule has 0 atom stereocenters. The number of amides is 1. The van der Waals surface area contributed by atoms with Gasteiger partial charge in [0.15, 0.2) is 0 Å². The van der Waals surface area contributed by atoms with E-state index in [-0.39, 0.29) is 12.5 Å². The molecular formula is C15H19N3O2. The van der Waals surface area contributed by atoms with Crippen LogP contribution in [-0.4, -0.2) is 45.4 Å². The quantitative estimate of drug-likeness (QED) is 0.862. The van der Waals surface area contributed by atoms with Gasteiger partial charge in [-0.2, -0.15) is 5.10 Å². The van der Waals surface area contributed by atoms with E-state index in [1.807, 2.05) is 43.5 Å². The van der Waals surface area contributed by atoms with Crippen LogP contribution in [0.4, 0.5) is 0 Å². The number of rotatable bonds is 6. The van der Waals surface area contributed by atoms with Gasteiger partial charge in [-0.1, -0.05) is 18.2 Å². The van der Waals surface area contributed by atoms with E-state index in [0.717, 1.165) is 11.3 Å². The lowest BCUT2D eigenvalue weighted by molar-refractivity contribution is -0.130. The summed E-state index contributed by atoms with van der Waals surface area (Å²) in [6, 6.07) is 9.76. The van der Waals surface area contributed by atoms with Crippen molar-refractivity contribution in [3.63, 3.8) is 0 Å². The van der Waals surface area contributed by atoms with E-state index in [1.165, 1.54) is 0 Å². The van der Waals surface area contributed by atoms with Crippen molar-refractivity contribution in [2.45, 2.75) is 13.3 Å². The molecule has 0 aliphatic rings. The van der Waals surface area contributed by atoms with Crippen LogP contribution in [0.3, 0.4) is 0 Å². The van der Waals surface area contributed by atoms with Gasteiger partial charge < -0.3 is 10.0 Å². The molecule has 0 bridgehead atoms. The molecular weight excluding hydrogens is 254 g/mol. The van der Waals surface area contributed by atoms with E-state index >= 15 is 0 Å². The van der Waals surface area contributed by atoms with Gasteiger partial charge in [-0.05, 0) is 24.6 Å². The Kier molecular flexibility index (Phi) is 4.90. The number of hydrogen-bond donors (Lipinski definition) is 1. The number of para-hydroxylation sites is 1. The average molecular weight is 273 g/mol. The smallest absolute Gasteiger partial charge is 0.227 e. The summed E-state index contributed by atoms with van der Waals surface area (Å²) in [5.74, 6) is 0.00848. The Balaban J connectivity index is 2.04. The van der Waals surface area contributed by atoms with Crippen LogP contribution in [-0.2, 0) is 11.2 Å². The number of hydrogen-bond acceptors (Lipinski definition) is 3. The van der Waals surface area contributed by atoms with E-state index in [0.29, 0.717) is 19.5 Å². The van der Waals surface area contributed by atoms with Crippen molar-refractivity contribution in [2.24, 2.45) is 0 Å². The molecule has 0 saturated carbocycles. The van der Waals surface area contributed by atoms with Crippen molar-refractivity contribution >= 4 is 5.91 Å². The van der Waals surface area contributed by atoms with Crippen molar-refractivity contribution in [1.82, 2.24) is 14.7 Å². The summed E-state index contributed by atoms with van der Waals surface area (Å²) in [5, 5.41) is 13.2. The van der Waals surface area contributed by atoms with Crippen LogP contribution in [0.25, 0.3) is 5.69 Å². The Bertz CT molecular complexity index is 551. The van der Waals surface area contributed by atoms with E-state index in [4.69, 9.17) is 5.11 Å². The predicted molar refractivity (Wildman–Crippen MR) is 76.6 cm³/mol. The van der Waals surface area contributed by atoms with Crippen molar-refractivity contribution in [3.05, 3.63) is 48.3 Å². The summed E-state index contributed by atoms with van der Waals surface area (Å²) in [5.41, 5.74) is 1.84. The highest BCUT2D eigenvalue weighted by Gasteiger charge is 2.13. The van der Waals surface area contributed by atoms with E-state index in [9.17, 15) is 4.79 Å². The maximum atomic E-state index is 12.1. The number of carbonyl (C=O) groups is 1. The topological polar surface area (TPSA) is 58.4 Å². The molecule has 1 aromatic heterocycles. The molecule has 2 aromatic rings. The summed E-state index contributed by atoms with van der Waals surface area (Å²) in [6.45, 7) is 2.87. The first kappa shape index (κ1) is 14.3. The molecule has 0 aliphatic carbocycles. The third-order valence-electron chi connectivity index (χ3n) is 3.12. The number of benzene rings is 1. The first-order chi connectivity index (χ1) is 9.74. The number of aliphatic hydroxyl groups excluding tert-OH is 1. The largest absolute Gasteiger partial charge is 0.395 e. The molecule has 1 heterocycles. The fraction of sp³-hybridized carbons (Fsp3) is 0.333. The number of likely N-dealkylation sites (N-methyl/N-ethyl adjacent to an activating group) is 1. The van der Waals surface area contributed by atoms with Gasteiger partial charge in [0.1, 0.15) is 0 Å². The highest BCUT2D eigenvalue weighted by molar-refractivity contribution is 5.78. The molecule has 20 heavy (non-hydrogen) atoms. The first-order valence-electron chi connectivity index (χ1n) is 6.72. The van der Waals surface area contributed by atoms with Crippen LogP contribution in [0.1, 0.15) is 12.5 Å². The summed E-state index contributed by atoms with van der Waals surface area (Å²) in [4.78, 5) is 13.7. The van der Waals surface area contributed by atoms with Gasteiger partial charge in [-0.3, -0.25) is 4.79 Å². The van der Waals surface area contributed by atoms with Gasteiger partial charge in [0.2, 0.25) is 5.91 Å². The highest BCUT2D eigenvalue weighted by atomic mass is 16.3. The van der Waals surface area contributed by atoms with Crippen LogP contribution in [0.15, 0.2) is 42.7 Å². The summed E-state index contributed by atoms with van der Waals surface area (Å²) >= 11 is 0. The van der Waals surface area contributed by atoms with Gasteiger partial charge in [0.25, 0.3) is 0 Å². The normalized spacial score (nSPS) is 10.5. The zero-order valence-corrected chi connectivity index (χ0v) is 11.6. The van der Waals surface area contributed by atoms with Gasteiger partial charge in [0, 0.05) is 19.3 Å². The fourth-order valence-electron chi connectivity index (χ4n) is 2.04. The van der Waals surface area contributed by atoms with E-state index < -0.39 is 0 Å². The Hall–Kier alpha value is -2.14. The van der Waals surface area contributed by atoms with Crippen LogP contribution in [0.2, 0.25) is 0 Å². The number of carbonyl (C=O) groups excluding carboxylic acids is 1. The van der Waals surface area contributed by atoms with Gasteiger partial charge in [0.05, 0.1) is 24.9 Å². The molecule has 0 radical (unpaired) electrons. The molecule has 1 aromatic carbocycles.